The molecule has 5 nitrogen and oxygen atoms in total. The average molecular weight is 352 g/mol. The van der Waals surface area contributed by atoms with E-state index in [1.807, 2.05) is 0 Å². The van der Waals surface area contributed by atoms with Gasteiger partial charge in [-0.25, -0.2) is 4.39 Å². The second kappa shape index (κ2) is 7.07. The van der Waals surface area contributed by atoms with Crippen LogP contribution in [-0.2, 0) is 0 Å². The Labute approximate surface area is 143 Å². The molecule has 2 aromatic carbocycles. The number of fused-ring (bicyclic) bond motifs is 1. The van der Waals surface area contributed by atoms with Crippen LogP contribution in [0, 0.1) is 5.82 Å². The summed E-state index contributed by atoms with van der Waals surface area (Å²) < 4.78 is 24.6. The highest BCUT2D eigenvalue weighted by Crippen LogP contribution is 2.32. The molecule has 126 valence electrons. The molecule has 1 unspecified atom stereocenters. The molecule has 0 aliphatic carbocycles. The highest BCUT2D eigenvalue weighted by Gasteiger charge is 2.19. The van der Waals surface area contributed by atoms with Crippen LogP contribution < -0.4 is 14.8 Å². The molecule has 0 saturated carbocycles. The first-order chi connectivity index (χ1) is 11.6. The van der Waals surface area contributed by atoms with Crippen molar-refractivity contribution in [2.45, 2.75) is 6.10 Å². The number of benzene rings is 2. The number of aliphatic hydroxyl groups excluding tert-OH is 1. The molecule has 3 rings (SSSR count). The van der Waals surface area contributed by atoms with E-state index in [0.29, 0.717) is 30.3 Å². The SMILES string of the molecule is O=C(NCC(O)c1ccc2c(c1)OCCO2)c1c(F)cccc1Cl. The number of hydrogen-bond donors (Lipinski definition) is 2. The Hall–Kier alpha value is -2.31. The van der Waals surface area contributed by atoms with E-state index in [9.17, 15) is 14.3 Å². The summed E-state index contributed by atoms with van der Waals surface area (Å²) >= 11 is 5.84. The number of carbonyl (C=O) groups excluding carboxylic acids is 1. The van der Waals surface area contributed by atoms with Crippen molar-refractivity contribution in [2.24, 2.45) is 0 Å². The molecule has 0 fully saturated rings. The van der Waals surface area contributed by atoms with E-state index in [4.69, 9.17) is 21.1 Å². The zero-order chi connectivity index (χ0) is 17.1. The van der Waals surface area contributed by atoms with Crippen molar-refractivity contribution in [3.05, 3.63) is 58.4 Å². The lowest BCUT2D eigenvalue weighted by Crippen LogP contribution is -2.29. The Morgan fingerprint density at radius 2 is 2.00 bits per heavy atom. The van der Waals surface area contributed by atoms with Crippen LogP contribution in [-0.4, -0.2) is 30.8 Å². The maximum Gasteiger partial charge on any atom is 0.255 e. The summed E-state index contributed by atoms with van der Waals surface area (Å²) in [6.45, 7) is 0.826. The molecule has 7 heteroatoms. The van der Waals surface area contributed by atoms with Crippen molar-refractivity contribution in [3.63, 3.8) is 0 Å². The molecule has 2 N–H and O–H groups in total. The number of aliphatic hydroxyl groups is 1. The molecule has 2 aromatic rings. The van der Waals surface area contributed by atoms with Crippen molar-refractivity contribution in [1.82, 2.24) is 5.32 Å². The third kappa shape index (κ3) is 3.44. The molecule has 1 aliphatic heterocycles. The second-order valence-electron chi connectivity index (χ2n) is 5.23. The lowest BCUT2D eigenvalue weighted by Gasteiger charge is -2.20. The molecular formula is C17H15ClFNO4. The monoisotopic (exact) mass is 351 g/mol. The number of halogens is 2. The summed E-state index contributed by atoms with van der Waals surface area (Å²) in [5.74, 6) is -0.246. The van der Waals surface area contributed by atoms with E-state index in [-0.39, 0.29) is 17.1 Å². The van der Waals surface area contributed by atoms with Crippen LogP contribution in [0.2, 0.25) is 5.02 Å². The quantitative estimate of drug-likeness (QED) is 0.888. The smallest absolute Gasteiger partial charge is 0.255 e. The van der Waals surface area contributed by atoms with E-state index < -0.39 is 17.8 Å². The highest BCUT2D eigenvalue weighted by molar-refractivity contribution is 6.33. The molecule has 1 aliphatic rings. The van der Waals surface area contributed by atoms with Gasteiger partial charge in [0.05, 0.1) is 16.7 Å². The van der Waals surface area contributed by atoms with E-state index >= 15 is 0 Å². The van der Waals surface area contributed by atoms with Gasteiger partial charge in [0, 0.05) is 6.54 Å². The van der Waals surface area contributed by atoms with Gasteiger partial charge in [-0.15, -0.1) is 0 Å². The molecule has 24 heavy (non-hydrogen) atoms. The Kier molecular flexibility index (Phi) is 4.87. The second-order valence-corrected chi connectivity index (χ2v) is 5.63. The van der Waals surface area contributed by atoms with Gasteiger partial charge in [0.2, 0.25) is 0 Å². The van der Waals surface area contributed by atoms with Gasteiger partial charge < -0.3 is 19.9 Å². The maximum atomic E-state index is 13.7. The van der Waals surface area contributed by atoms with Gasteiger partial charge in [-0.3, -0.25) is 4.79 Å². The zero-order valence-electron chi connectivity index (χ0n) is 12.6. The Bertz CT molecular complexity index is 748. The van der Waals surface area contributed by atoms with Gasteiger partial charge in [-0.05, 0) is 29.8 Å². The van der Waals surface area contributed by atoms with E-state index in [0.717, 1.165) is 6.07 Å². The van der Waals surface area contributed by atoms with E-state index in [1.54, 1.807) is 18.2 Å². The largest absolute Gasteiger partial charge is 0.486 e. The summed E-state index contributed by atoms with van der Waals surface area (Å²) in [6, 6.07) is 9.03. The van der Waals surface area contributed by atoms with E-state index in [2.05, 4.69) is 5.32 Å². The minimum Gasteiger partial charge on any atom is -0.486 e. The summed E-state index contributed by atoms with van der Waals surface area (Å²) in [6.07, 6.45) is -0.977. The molecule has 0 bridgehead atoms. The number of ether oxygens (including phenoxy) is 2. The summed E-state index contributed by atoms with van der Waals surface area (Å²) in [4.78, 5) is 12.1. The topological polar surface area (TPSA) is 67.8 Å². The van der Waals surface area contributed by atoms with Gasteiger partial charge in [-0.1, -0.05) is 23.7 Å². The number of nitrogens with one attached hydrogen (secondary N) is 1. The van der Waals surface area contributed by atoms with Gasteiger partial charge >= 0.3 is 0 Å². The van der Waals surface area contributed by atoms with Gasteiger partial charge in [-0.2, -0.15) is 0 Å². The molecule has 1 atom stereocenters. The minimum atomic E-state index is -0.977. The van der Waals surface area contributed by atoms with Crippen molar-refractivity contribution in [3.8, 4) is 11.5 Å². The highest BCUT2D eigenvalue weighted by atomic mass is 35.5. The average Bonchev–Trinajstić information content (AvgIpc) is 2.59. The van der Waals surface area contributed by atoms with Crippen LogP contribution in [0.1, 0.15) is 22.0 Å². The minimum absolute atomic E-state index is 0.0151. The molecule has 1 heterocycles. The summed E-state index contributed by atoms with van der Waals surface area (Å²) in [5, 5.41) is 12.7. The van der Waals surface area contributed by atoms with Gasteiger partial charge in [0.1, 0.15) is 19.0 Å². The molecule has 0 radical (unpaired) electrons. The maximum absolute atomic E-state index is 13.7. The van der Waals surface area contributed by atoms with Crippen LogP contribution >= 0.6 is 11.6 Å². The zero-order valence-corrected chi connectivity index (χ0v) is 13.3. The third-order valence-corrected chi connectivity index (χ3v) is 3.91. The first kappa shape index (κ1) is 16.5. The first-order valence-corrected chi connectivity index (χ1v) is 7.74. The first-order valence-electron chi connectivity index (χ1n) is 7.36. The Balaban J connectivity index is 1.67. The predicted molar refractivity (Wildman–Crippen MR) is 86.1 cm³/mol. The van der Waals surface area contributed by atoms with Crippen LogP contribution in [0.5, 0.6) is 11.5 Å². The lowest BCUT2D eigenvalue weighted by atomic mass is 10.1. The number of rotatable bonds is 4. The fourth-order valence-corrected chi connectivity index (χ4v) is 2.63. The van der Waals surface area contributed by atoms with Gasteiger partial charge in [0.15, 0.2) is 11.5 Å². The number of carbonyl (C=O) groups is 1. The molecule has 0 spiro atoms. The van der Waals surface area contributed by atoms with Crippen LogP contribution in [0.3, 0.4) is 0 Å². The van der Waals surface area contributed by atoms with Crippen molar-refractivity contribution in [1.29, 1.82) is 0 Å². The van der Waals surface area contributed by atoms with E-state index in [1.165, 1.54) is 12.1 Å². The Morgan fingerprint density at radius 3 is 2.75 bits per heavy atom. The third-order valence-electron chi connectivity index (χ3n) is 3.60. The fraction of sp³-hybridized carbons (Fsp3) is 0.235. The summed E-state index contributed by atoms with van der Waals surface area (Å²) in [5.41, 5.74) is 0.313. The molecular weight excluding hydrogens is 337 g/mol. The van der Waals surface area contributed by atoms with Crippen LogP contribution in [0.4, 0.5) is 4.39 Å². The Morgan fingerprint density at radius 1 is 1.25 bits per heavy atom. The van der Waals surface area contributed by atoms with Crippen molar-refractivity contribution >= 4 is 17.5 Å². The van der Waals surface area contributed by atoms with Crippen LogP contribution in [0.25, 0.3) is 0 Å². The number of amides is 1. The van der Waals surface area contributed by atoms with Gasteiger partial charge in [0.25, 0.3) is 5.91 Å². The van der Waals surface area contributed by atoms with Crippen molar-refractivity contribution in [2.75, 3.05) is 19.8 Å². The molecule has 1 amide bonds. The van der Waals surface area contributed by atoms with Crippen LogP contribution in [0.15, 0.2) is 36.4 Å². The predicted octanol–water partition coefficient (Wildman–Crippen LogP) is 2.71. The summed E-state index contributed by atoms with van der Waals surface area (Å²) in [7, 11) is 0. The van der Waals surface area contributed by atoms with Crippen molar-refractivity contribution < 1.29 is 23.8 Å². The fourth-order valence-electron chi connectivity index (χ4n) is 2.38. The lowest BCUT2D eigenvalue weighted by molar-refractivity contribution is 0.0912. The number of hydrogen-bond acceptors (Lipinski definition) is 4. The molecule has 0 saturated heterocycles. The standard InChI is InChI=1S/C17H15ClFNO4/c18-11-2-1-3-12(19)16(11)17(22)20-9-13(21)10-4-5-14-15(8-10)24-7-6-23-14/h1-5,8,13,21H,6-7,9H2,(H,20,22). The normalized spacial score (nSPS) is 14.1. The molecule has 0 aromatic heterocycles.